The third kappa shape index (κ3) is 5.52. The second kappa shape index (κ2) is 5.85. The molecule has 0 amide bonds. The van der Waals surface area contributed by atoms with Crippen LogP contribution in [0.25, 0.3) is 0 Å². The topological polar surface area (TPSA) is 26.3 Å². The molecule has 0 saturated carbocycles. The van der Waals surface area contributed by atoms with Crippen LogP contribution < -0.4 is 4.74 Å². The fourth-order valence-electron chi connectivity index (χ4n) is 1.09. The van der Waals surface area contributed by atoms with Crippen molar-refractivity contribution in [3.05, 3.63) is 29.8 Å². The van der Waals surface area contributed by atoms with Crippen LogP contribution in [0, 0.1) is 0 Å². The average molecular weight is 289 g/mol. The Labute approximate surface area is 116 Å². The Morgan fingerprint density at radius 3 is 2.24 bits per heavy atom. The van der Waals surface area contributed by atoms with Crippen molar-refractivity contribution in [3.8, 4) is 5.75 Å². The summed E-state index contributed by atoms with van der Waals surface area (Å²) in [6.07, 6.45) is 0. The minimum atomic E-state index is -0.0933. The van der Waals surface area contributed by atoms with Crippen molar-refractivity contribution < 1.29 is 9.53 Å². The highest BCUT2D eigenvalue weighted by Crippen LogP contribution is 2.27. The Hall–Kier alpha value is -0.580. The molecule has 0 fully saturated rings. The van der Waals surface area contributed by atoms with E-state index in [2.05, 4.69) is 12.2 Å². The maximum absolute atomic E-state index is 11.9. The van der Waals surface area contributed by atoms with E-state index >= 15 is 0 Å². The average Bonchev–Trinajstić information content (AvgIpc) is 2.15. The maximum Gasteiger partial charge on any atom is 0.260 e. The van der Waals surface area contributed by atoms with E-state index in [1.54, 1.807) is 24.3 Å². The molecular weight excluding hydrogens is 276 g/mol. The molecule has 0 heterocycles. The van der Waals surface area contributed by atoms with Crippen LogP contribution >= 0.6 is 35.6 Å². The first-order chi connectivity index (χ1) is 7.78. The number of carbonyl (C=O) groups excluding carboxylic acids is 1. The van der Waals surface area contributed by atoms with Crippen LogP contribution in [0.5, 0.6) is 5.75 Å². The van der Waals surface area contributed by atoms with E-state index in [1.807, 2.05) is 20.8 Å². The third-order valence-electron chi connectivity index (χ3n) is 1.69. The predicted molar refractivity (Wildman–Crippen MR) is 77.2 cm³/mol. The zero-order valence-electron chi connectivity index (χ0n) is 9.82. The number of hydrogen-bond acceptors (Lipinski definition) is 4. The monoisotopic (exact) mass is 288 g/mol. The normalized spacial score (nSPS) is 11.1. The Morgan fingerprint density at radius 1 is 1.29 bits per heavy atom. The van der Waals surface area contributed by atoms with Gasteiger partial charge in [0.05, 0.1) is 0 Å². The summed E-state index contributed by atoms with van der Waals surface area (Å²) in [7, 11) is 0. The summed E-state index contributed by atoms with van der Waals surface area (Å²) in [4.78, 5) is 11.9. The van der Waals surface area contributed by atoms with E-state index in [0.29, 0.717) is 11.3 Å². The van der Waals surface area contributed by atoms with Gasteiger partial charge in [0.15, 0.2) is 0 Å². The molecule has 0 aliphatic carbocycles. The van der Waals surface area contributed by atoms with Gasteiger partial charge in [-0.3, -0.25) is 4.79 Å². The van der Waals surface area contributed by atoms with Crippen molar-refractivity contribution in [1.29, 1.82) is 0 Å². The summed E-state index contributed by atoms with van der Waals surface area (Å²) in [5, 5.41) is 0.0394. The van der Waals surface area contributed by atoms with E-state index in [9.17, 15) is 4.79 Å². The van der Waals surface area contributed by atoms with Crippen LogP contribution in [0.2, 0.25) is 0 Å². The number of rotatable bonds is 2. The minimum absolute atomic E-state index is 0.0394. The molecule has 0 spiro atoms. The van der Waals surface area contributed by atoms with Crippen molar-refractivity contribution >= 4 is 45.2 Å². The molecule has 5 heteroatoms. The largest absolute Gasteiger partial charge is 0.436 e. The van der Waals surface area contributed by atoms with Crippen LogP contribution in [0.4, 0.5) is 0 Å². The van der Waals surface area contributed by atoms with Crippen LogP contribution in [0.1, 0.15) is 31.1 Å². The molecule has 0 atom stereocenters. The number of halogens is 1. The Bertz CT molecular complexity index is 421. The van der Waals surface area contributed by atoms with E-state index in [4.69, 9.17) is 16.3 Å². The molecule has 0 N–H and O–H groups in total. The van der Waals surface area contributed by atoms with Gasteiger partial charge in [0.2, 0.25) is 5.12 Å². The fourth-order valence-corrected chi connectivity index (χ4v) is 2.08. The number of carbonyl (C=O) groups is 1. The molecule has 17 heavy (non-hydrogen) atoms. The lowest BCUT2D eigenvalue weighted by atomic mass is 10.2. The maximum atomic E-state index is 11.9. The first-order valence-electron chi connectivity index (χ1n) is 4.99. The Balaban J connectivity index is 2.74. The Morgan fingerprint density at radius 2 is 1.82 bits per heavy atom. The molecule has 0 aromatic heterocycles. The molecule has 92 valence electrons. The minimum Gasteiger partial charge on any atom is -0.436 e. The number of benzene rings is 1. The van der Waals surface area contributed by atoms with Crippen molar-refractivity contribution in [3.63, 3.8) is 0 Å². The molecule has 2 nitrogen and oxygen atoms in total. The smallest absolute Gasteiger partial charge is 0.260 e. The summed E-state index contributed by atoms with van der Waals surface area (Å²) in [5.41, 5.74) is 0.637. The molecule has 0 aliphatic rings. The van der Waals surface area contributed by atoms with Crippen molar-refractivity contribution in [1.82, 2.24) is 0 Å². The molecule has 0 radical (unpaired) electrons. The third-order valence-corrected chi connectivity index (χ3v) is 2.88. The highest BCUT2D eigenvalue weighted by Gasteiger charge is 2.18. The molecule has 0 unspecified atom stereocenters. The fraction of sp³-hybridized carbons (Fsp3) is 0.333. The van der Waals surface area contributed by atoms with Gasteiger partial charge >= 0.3 is 0 Å². The van der Waals surface area contributed by atoms with Gasteiger partial charge < -0.3 is 4.74 Å². The molecule has 1 rings (SSSR count). The zero-order chi connectivity index (χ0) is 13.1. The highest BCUT2D eigenvalue weighted by atomic mass is 35.5. The van der Waals surface area contributed by atoms with Crippen LogP contribution in [0.3, 0.4) is 0 Å². The van der Waals surface area contributed by atoms with Gasteiger partial charge in [-0.1, -0.05) is 32.5 Å². The van der Waals surface area contributed by atoms with Gasteiger partial charge in [-0.05, 0) is 48.1 Å². The lowest BCUT2D eigenvalue weighted by Crippen LogP contribution is -2.11. The van der Waals surface area contributed by atoms with Crippen LogP contribution in [-0.2, 0) is 0 Å². The molecule has 1 aromatic rings. The highest BCUT2D eigenvalue weighted by molar-refractivity contribution is 8.15. The lowest BCUT2D eigenvalue weighted by molar-refractivity contribution is 0.108. The second-order valence-electron chi connectivity index (χ2n) is 4.37. The van der Waals surface area contributed by atoms with Crippen molar-refractivity contribution in [2.45, 2.75) is 25.5 Å². The summed E-state index contributed by atoms with van der Waals surface area (Å²) < 4.78 is 4.87. The number of thioether (sulfide) groups is 1. The number of thiocarbonyl (C=S) groups is 1. The number of hydrogen-bond donors (Lipinski definition) is 0. The van der Waals surface area contributed by atoms with Crippen molar-refractivity contribution in [2.24, 2.45) is 0 Å². The Kier molecular flexibility index (Phi) is 4.98. The lowest BCUT2D eigenvalue weighted by Gasteiger charge is -2.15. The van der Waals surface area contributed by atoms with Gasteiger partial charge in [-0.25, -0.2) is 0 Å². The number of ether oxygens (including phenoxy) is 1. The molecule has 0 aliphatic heterocycles. The van der Waals surface area contributed by atoms with Crippen molar-refractivity contribution in [2.75, 3.05) is 0 Å². The van der Waals surface area contributed by atoms with Crippen LogP contribution in [0.15, 0.2) is 24.3 Å². The summed E-state index contributed by atoms with van der Waals surface area (Å²) >= 11 is 11.3. The summed E-state index contributed by atoms with van der Waals surface area (Å²) in [5.74, 6) is 0.530. The summed E-state index contributed by atoms with van der Waals surface area (Å²) in [6.45, 7) is 6.00. The molecule has 0 bridgehead atoms. The summed E-state index contributed by atoms with van der Waals surface area (Å²) in [6, 6.07) is 6.74. The molecule has 1 aromatic carbocycles. The van der Waals surface area contributed by atoms with Gasteiger partial charge in [0.1, 0.15) is 5.75 Å². The molecule has 0 saturated heterocycles. The quantitative estimate of drug-likeness (QED) is 0.600. The van der Waals surface area contributed by atoms with E-state index in [1.165, 1.54) is 11.8 Å². The van der Waals surface area contributed by atoms with Gasteiger partial charge in [-0.2, -0.15) is 0 Å². The second-order valence-corrected chi connectivity index (χ2v) is 7.10. The zero-order valence-corrected chi connectivity index (χ0v) is 12.2. The van der Waals surface area contributed by atoms with Gasteiger partial charge in [0.25, 0.3) is 4.51 Å². The first-order valence-corrected chi connectivity index (χ1v) is 6.59. The van der Waals surface area contributed by atoms with Crippen LogP contribution in [-0.4, -0.2) is 14.4 Å². The SMILES string of the molecule is CC(C)(C)SC(=O)c1ccc(OC(=S)Cl)cc1. The van der Waals surface area contributed by atoms with E-state index < -0.39 is 0 Å². The standard InChI is InChI=1S/C12H13ClO2S2/c1-12(2,3)17-10(14)8-4-6-9(7-5-8)15-11(13)16/h4-7H,1-3H3. The molecular formula is C12H13ClO2S2. The van der Waals surface area contributed by atoms with Gasteiger partial charge in [-0.15, -0.1) is 0 Å². The van der Waals surface area contributed by atoms with E-state index in [0.717, 1.165) is 0 Å². The predicted octanol–water partition coefficient (Wildman–Crippen LogP) is 4.26. The van der Waals surface area contributed by atoms with Gasteiger partial charge in [0, 0.05) is 10.3 Å². The van der Waals surface area contributed by atoms with E-state index in [-0.39, 0.29) is 14.4 Å². The first kappa shape index (κ1) is 14.5.